The van der Waals surface area contributed by atoms with Gasteiger partial charge < -0.3 is 14.2 Å². The highest BCUT2D eigenvalue weighted by Crippen LogP contribution is 2.16. The summed E-state index contributed by atoms with van der Waals surface area (Å²) < 4.78 is 16.8. The number of ether oxygens (including phenoxy) is 3. The molecule has 0 aromatic heterocycles. The van der Waals surface area contributed by atoms with E-state index in [1.807, 2.05) is 0 Å². The van der Waals surface area contributed by atoms with Crippen LogP contribution in [0.5, 0.6) is 0 Å². The third kappa shape index (κ3) is 55.8. The Balaban J connectivity index is 4.14. The molecule has 6 nitrogen and oxygen atoms in total. The highest BCUT2D eigenvalue weighted by molar-refractivity contribution is 5.71. The number of esters is 3. The lowest BCUT2D eigenvalue weighted by Gasteiger charge is -2.18. The smallest absolute Gasteiger partial charge is 0.306 e. The first-order valence-corrected chi connectivity index (χ1v) is 29.9. The van der Waals surface area contributed by atoms with E-state index in [0.717, 1.165) is 103 Å². The van der Waals surface area contributed by atoms with E-state index in [-0.39, 0.29) is 31.1 Å². The van der Waals surface area contributed by atoms with E-state index in [9.17, 15) is 14.4 Å². The maximum absolute atomic E-state index is 12.8. The van der Waals surface area contributed by atoms with Crippen molar-refractivity contribution in [3.05, 3.63) is 72.9 Å². The quantitative estimate of drug-likeness (QED) is 0.0261. The van der Waals surface area contributed by atoms with E-state index >= 15 is 0 Å². The minimum atomic E-state index is -0.775. The molecule has 0 aliphatic carbocycles. The van der Waals surface area contributed by atoms with Gasteiger partial charge in [-0.25, -0.2) is 0 Å². The van der Waals surface area contributed by atoms with Crippen LogP contribution < -0.4 is 0 Å². The van der Waals surface area contributed by atoms with Crippen molar-refractivity contribution in [2.45, 2.75) is 303 Å². The van der Waals surface area contributed by atoms with Gasteiger partial charge in [0.05, 0.1) is 0 Å². The second-order valence-corrected chi connectivity index (χ2v) is 19.9. The fraction of sp³-hybridized carbons (Fsp3) is 0.766. The summed E-state index contributed by atoms with van der Waals surface area (Å²) in [6.45, 7) is 6.48. The fourth-order valence-electron chi connectivity index (χ4n) is 8.47. The molecular formula is C64H112O6. The summed E-state index contributed by atoms with van der Waals surface area (Å²) in [4.78, 5) is 38.1. The number of hydrogen-bond acceptors (Lipinski definition) is 6. The molecule has 70 heavy (non-hydrogen) atoms. The lowest BCUT2D eigenvalue weighted by atomic mass is 10.0. The highest BCUT2D eigenvalue weighted by Gasteiger charge is 2.19. The van der Waals surface area contributed by atoms with Gasteiger partial charge in [-0.05, 0) is 83.5 Å². The van der Waals surface area contributed by atoms with Crippen LogP contribution in [-0.4, -0.2) is 37.2 Å². The van der Waals surface area contributed by atoms with Crippen LogP contribution >= 0.6 is 0 Å². The molecule has 1 atom stereocenters. The van der Waals surface area contributed by atoms with Gasteiger partial charge in [-0.2, -0.15) is 0 Å². The van der Waals surface area contributed by atoms with Gasteiger partial charge in [0.2, 0.25) is 0 Å². The molecule has 0 amide bonds. The van der Waals surface area contributed by atoms with Crippen LogP contribution in [0.4, 0.5) is 0 Å². The largest absolute Gasteiger partial charge is 0.462 e. The van der Waals surface area contributed by atoms with Crippen molar-refractivity contribution in [1.82, 2.24) is 0 Å². The molecule has 0 aromatic carbocycles. The molecule has 0 radical (unpaired) electrons. The Morgan fingerprint density at radius 3 is 0.943 bits per heavy atom. The second kappa shape index (κ2) is 58.4. The Labute approximate surface area is 433 Å². The first-order chi connectivity index (χ1) is 34.5. The lowest BCUT2D eigenvalue weighted by molar-refractivity contribution is -0.167. The number of carbonyl (C=O) groups is 3. The molecule has 0 aliphatic heterocycles. The predicted molar refractivity (Wildman–Crippen MR) is 302 cm³/mol. The van der Waals surface area contributed by atoms with Crippen LogP contribution in [0.25, 0.3) is 0 Å². The van der Waals surface area contributed by atoms with Crippen molar-refractivity contribution in [3.63, 3.8) is 0 Å². The summed E-state index contributed by atoms with van der Waals surface area (Å²) in [5.41, 5.74) is 0. The number of carbonyl (C=O) groups excluding carboxylic acids is 3. The average Bonchev–Trinajstić information content (AvgIpc) is 3.36. The molecule has 0 heterocycles. The summed E-state index contributed by atoms with van der Waals surface area (Å²) in [6.07, 6.45) is 74.8. The third-order valence-corrected chi connectivity index (χ3v) is 12.9. The van der Waals surface area contributed by atoms with Crippen LogP contribution in [0.1, 0.15) is 297 Å². The number of unbranched alkanes of at least 4 members (excludes halogenated alkanes) is 31. The van der Waals surface area contributed by atoms with Crippen LogP contribution in [0.2, 0.25) is 0 Å². The SMILES string of the molecule is CC/C=C\C/C=C\C/C=C\C/C=C\C/C=C\CCCCCCCCCCCCCCCC(=O)OCC(COC(=O)CCCCCCC/C=C\CCC)OC(=O)CCCCCCCCCCCCCCC. The topological polar surface area (TPSA) is 78.9 Å². The fourth-order valence-corrected chi connectivity index (χ4v) is 8.47. The van der Waals surface area contributed by atoms with E-state index in [2.05, 4.69) is 93.7 Å². The van der Waals surface area contributed by atoms with Crippen molar-refractivity contribution >= 4 is 17.9 Å². The maximum atomic E-state index is 12.8. The van der Waals surface area contributed by atoms with Crippen molar-refractivity contribution in [3.8, 4) is 0 Å². The van der Waals surface area contributed by atoms with Gasteiger partial charge in [-0.3, -0.25) is 14.4 Å². The van der Waals surface area contributed by atoms with E-state index < -0.39 is 6.10 Å². The first-order valence-electron chi connectivity index (χ1n) is 29.9. The molecule has 0 aliphatic rings. The van der Waals surface area contributed by atoms with E-state index in [1.54, 1.807) is 0 Å². The van der Waals surface area contributed by atoms with E-state index in [0.29, 0.717) is 19.3 Å². The first kappa shape index (κ1) is 66.9. The maximum Gasteiger partial charge on any atom is 0.306 e. The van der Waals surface area contributed by atoms with Gasteiger partial charge in [0.1, 0.15) is 13.2 Å². The number of allylic oxidation sites excluding steroid dienone is 12. The summed E-state index contributed by atoms with van der Waals surface area (Å²) in [5, 5.41) is 0. The average molecular weight is 978 g/mol. The summed E-state index contributed by atoms with van der Waals surface area (Å²) >= 11 is 0. The molecule has 0 saturated heterocycles. The molecule has 0 saturated carbocycles. The Bertz CT molecular complexity index is 1310. The zero-order chi connectivity index (χ0) is 50.7. The summed E-state index contributed by atoms with van der Waals surface area (Å²) in [7, 11) is 0. The number of rotatable bonds is 54. The highest BCUT2D eigenvalue weighted by atomic mass is 16.6. The standard InChI is InChI=1S/C64H112O6/c1-4-7-10-13-16-19-22-24-25-26-27-28-29-30-31-32-33-34-35-36-37-38-39-41-42-45-48-51-54-57-63(66)69-60-61(59-68-62(65)56-53-50-47-44-21-18-15-12-9-6-3)70-64(67)58-55-52-49-46-43-40-23-20-17-14-11-8-5-2/h7,10,12,15-16,19,24-25,27-28,30-31,61H,4-6,8-9,11,13-14,17-18,20-23,26,29,32-60H2,1-3H3/b10-7-,15-12-,19-16-,25-24-,28-27-,31-30-. The second-order valence-electron chi connectivity index (χ2n) is 19.9. The lowest BCUT2D eigenvalue weighted by Crippen LogP contribution is -2.30. The molecule has 0 aromatic rings. The van der Waals surface area contributed by atoms with E-state index in [1.165, 1.54) is 154 Å². The predicted octanol–water partition coefficient (Wildman–Crippen LogP) is 20.2. The van der Waals surface area contributed by atoms with Gasteiger partial charge in [0, 0.05) is 19.3 Å². The molecule has 6 heteroatoms. The monoisotopic (exact) mass is 977 g/mol. The van der Waals surface area contributed by atoms with Crippen LogP contribution in [-0.2, 0) is 28.6 Å². The zero-order valence-corrected chi connectivity index (χ0v) is 46.3. The molecule has 404 valence electrons. The van der Waals surface area contributed by atoms with E-state index in [4.69, 9.17) is 14.2 Å². The van der Waals surface area contributed by atoms with Crippen molar-refractivity contribution in [2.24, 2.45) is 0 Å². The molecule has 1 unspecified atom stereocenters. The Morgan fingerprint density at radius 1 is 0.300 bits per heavy atom. The van der Waals surface area contributed by atoms with Crippen molar-refractivity contribution < 1.29 is 28.6 Å². The molecule has 0 bridgehead atoms. The normalized spacial score (nSPS) is 12.6. The van der Waals surface area contributed by atoms with Gasteiger partial charge >= 0.3 is 17.9 Å². The van der Waals surface area contributed by atoms with Crippen LogP contribution in [0.15, 0.2) is 72.9 Å². The molecule has 0 N–H and O–H groups in total. The van der Waals surface area contributed by atoms with Gasteiger partial charge in [-0.1, -0.05) is 267 Å². The van der Waals surface area contributed by atoms with Crippen molar-refractivity contribution in [2.75, 3.05) is 13.2 Å². The summed E-state index contributed by atoms with van der Waals surface area (Å²) in [6, 6.07) is 0. The van der Waals surface area contributed by atoms with Crippen LogP contribution in [0.3, 0.4) is 0 Å². The summed E-state index contributed by atoms with van der Waals surface area (Å²) in [5.74, 6) is -0.877. The molecule has 0 spiro atoms. The molecular weight excluding hydrogens is 865 g/mol. The van der Waals surface area contributed by atoms with Gasteiger partial charge in [0.25, 0.3) is 0 Å². The Morgan fingerprint density at radius 2 is 0.586 bits per heavy atom. The molecule has 0 rings (SSSR count). The molecule has 0 fully saturated rings. The minimum Gasteiger partial charge on any atom is -0.462 e. The van der Waals surface area contributed by atoms with Gasteiger partial charge in [-0.15, -0.1) is 0 Å². The van der Waals surface area contributed by atoms with Crippen molar-refractivity contribution in [1.29, 1.82) is 0 Å². The number of hydrogen-bond donors (Lipinski definition) is 0. The van der Waals surface area contributed by atoms with Crippen LogP contribution in [0, 0.1) is 0 Å². The third-order valence-electron chi connectivity index (χ3n) is 12.9. The minimum absolute atomic E-state index is 0.0751. The van der Waals surface area contributed by atoms with Gasteiger partial charge in [0.15, 0.2) is 6.10 Å². The zero-order valence-electron chi connectivity index (χ0n) is 46.3. The Hall–Kier alpha value is -3.15. The Kier molecular flexibility index (Phi) is 55.8.